The Morgan fingerprint density at radius 3 is 2.05 bits per heavy atom. The van der Waals surface area contributed by atoms with E-state index < -0.39 is 0 Å². The van der Waals surface area contributed by atoms with Gasteiger partial charge in [-0.1, -0.05) is 42.5 Å². The van der Waals surface area contributed by atoms with Gasteiger partial charge in [-0.3, -0.25) is 9.59 Å². The van der Waals surface area contributed by atoms with Crippen LogP contribution in [0.15, 0.2) is 47.6 Å². The van der Waals surface area contributed by atoms with Gasteiger partial charge in [0.25, 0.3) is 11.8 Å². The number of hydrogen-bond donors (Lipinski definition) is 0. The molecule has 1 aromatic carbocycles. The lowest BCUT2D eigenvalue weighted by atomic mass is 9.63. The lowest BCUT2D eigenvalue weighted by Gasteiger charge is -2.37. The zero-order valence-corrected chi connectivity index (χ0v) is 11.6. The van der Waals surface area contributed by atoms with Crippen molar-refractivity contribution in [1.29, 1.82) is 0 Å². The number of hydrazone groups is 1. The molecule has 4 aliphatic rings. The van der Waals surface area contributed by atoms with Gasteiger partial charge in [-0.15, -0.1) is 0 Å². The maximum absolute atomic E-state index is 12.5. The molecule has 1 saturated heterocycles. The summed E-state index contributed by atoms with van der Waals surface area (Å²) in [6.07, 6.45) is 7.84. The highest BCUT2D eigenvalue weighted by Gasteiger charge is 2.56. The number of amides is 2. The van der Waals surface area contributed by atoms with Gasteiger partial charge in [-0.2, -0.15) is 10.1 Å². The number of benzene rings is 1. The molecule has 2 bridgehead atoms. The Labute approximate surface area is 123 Å². The van der Waals surface area contributed by atoms with E-state index in [0.717, 1.165) is 23.4 Å². The first-order valence-electron chi connectivity index (χ1n) is 7.41. The van der Waals surface area contributed by atoms with Gasteiger partial charge in [0.15, 0.2) is 0 Å². The van der Waals surface area contributed by atoms with Gasteiger partial charge in [0.2, 0.25) is 0 Å². The average Bonchev–Trinajstić information content (AvgIpc) is 2.81. The molecule has 4 heteroatoms. The van der Waals surface area contributed by atoms with Crippen molar-refractivity contribution in [3.8, 4) is 0 Å². The van der Waals surface area contributed by atoms with E-state index in [1.807, 2.05) is 30.3 Å². The highest BCUT2D eigenvalue weighted by molar-refractivity contribution is 6.06. The number of fused-ring (bicyclic) bond motifs is 1. The molecule has 4 atom stereocenters. The van der Waals surface area contributed by atoms with E-state index in [0.29, 0.717) is 0 Å². The summed E-state index contributed by atoms with van der Waals surface area (Å²) in [6, 6.07) is 9.51. The predicted octanol–water partition coefficient (Wildman–Crippen LogP) is 2.22. The first-order valence-corrected chi connectivity index (χ1v) is 7.41. The minimum Gasteiger partial charge on any atom is -0.272 e. The fraction of sp³-hybridized carbons (Fsp3) is 0.353. The minimum absolute atomic E-state index is 0.128. The van der Waals surface area contributed by atoms with Crippen LogP contribution in [0.2, 0.25) is 0 Å². The molecule has 0 spiro atoms. The Balaban J connectivity index is 1.62. The number of carbonyl (C=O) groups excluding carboxylic acids is 2. The molecule has 0 aromatic heterocycles. The standard InChI is InChI=1S/C17H16N2O2/c20-16-14-12-6-7-13(9-8-12)15(14)17(21)19(16)18-10-11-4-2-1-3-5-11/h1-7,10,12-15H,8-9H2/b18-10-/t12-,13-,14-,15+/m1/s1. The lowest BCUT2D eigenvalue weighted by Crippen LogP contribution is -2.38. The SMILES string of the molecule is O=C1[C@@H]2[C@H](C(=O)N1/N=C\c1ccccc1)[C@@H]1C=C[C@@H]2CC1. The Kier molecular flexibility index (Phi) is 2.77. The van der Waals surface area contributed by atoms with E-state index in [4.69, 9.17) is 0 Å². The third-order valence-electron chi connectivity index (χ3n) is 4.86. The number of hydrogen-bond acceptors (Lipinski definition) is 3. The Bertz CT molecular complexity index is 618. The third kappa shape index (κ3) is 1.86. The van der Waals surface area contributed by atoms with Crippen molar-refractivity contribution in [3.05, 3.63) is 48.0 Å². The van der Waals surface area contributed by atoms with Gasteiger partial charge >= 0.3 is 0 Å². The van der Waals surface area contributed by atoms with Gasteiger partial charge in [0.05, 0.1) is 18.1 Å². The van der Waals surface area contributed by atoms with Crippen LogP contribution in [0, 0.1) is 23.7 Å². The zero-order valence-electron chi connectivity index (χ0n) is 11.6. The molecule has 0 N–H and O–H groups in total. The summed E-state index contributed by atoms with van der Waals surface area (Å²) in [7, 11) is 0. The molecule has 3 aliphatic carbocycles. The first kappa shape index (κ1) is 12.5. The number of nitrogens with zero attached hydrogens (tertiary/aromatic N) is 2. The Morgan fingerprint density at radius 1 is 0.952 bits per heavy atom. The molecule has 2 fully saturated rings. The largest absolute Gasteiger partial charge is 0.272 e. The smallest absolute Gasteiger partial charge is 0.254 e. The molecule has 0 radical (unpaired) electrons. The molecule has 0 unspecified atom stereocenters. The maximum atomic E-state index is 12.5. The van der Waals surface area contributed by atoms with Gasteiger partial charge in [0.1, 0.15) is 0 Å². The average molecular weight is 280 g/mol. The number of allylic oxidation sites excluding steroid dienone is 2. The number of carbonyl (C=O) groups is 2. The monoisotopic (exact) mass is 280 g/mol. The van der Waals surface area contributed by atoms with E-state index in [1.165, 1.54) is 0 Å². The van der Waals surface area contributed by atoms with Crippen LogP contribution < -0.4 is 0 Å². The highest BCUT2D eigenvalue weighted by Crippen LogP contribution is 2.49. The summed E-state index contributed by atoms with van der Waals surface area (Å²) < 4.78 is 0. The Hall–Kier alpha value is -2.23. The molecule has 21 heavy (non-hydrogen) atoms. The van der Waals surface area contributed by atoms with Crippen LogP contribution >= 0.6 is 0 Å². The van der Waals surface area contributed by atoms with E-state index >= 15 is 0 Å². The second-order valence-corrected chi connectivity index (χ2v) is 5.99. The fourth-order valence-electron chi connectivity index (χ4n) is 3.84. The number of imide groups is 1. The summed E-state index contributed by atoms with van der Waals surface area (Å²) in [5, 5.41) is 5.26. The molecule has 1 saturated carbocycles. The van der Waals surface area contributed by atoms with Crippen LogP contribution in [0.25, 0.3) is 0 Å². The summed E-state index contributed by atoms with van der Waals surface area (Å²) in [6.45, 7) is 0. The van der Waals surface area contributed by atoms with Crippen LogP contribution in [0.4, 0.5) is 0 Å². The van der Waals surface area contributed by atoms with Crippen molar-refractivity contribution in [1.82, 2.24) is 5.01 Å². The summed E-state index contributed by atoms with van der Waals surface area (Å²) >= 11 is 0. The van der Waals surface area contributed by atoms with Crippen molar-refractivity contribution in [2.45, 2.75) is 12.8 Å². The summed E-state index contributed by atoms with van der Waals surface area (Å²) in [5.41, 5.74) is 0.883. The second kappa shape index (κ2) is 4.65. The lowest BCUT2D eigenvalue weighted by molar-refractivity contribution is -0.140. The molecule has 2 amide bonds. The van der Waals surface area contributed by atoms with Crippen LogP contribution in [-0.2, 0) is 9.59 Å². The molecule has 106 valence electrons. The van der Waals surface area contributed by atoms with Crippen molar-refractivity contribution in [2.24, 2.45) is 28.8 Å². The van der Waals surface area contributed by atoms with Crippen LogP contribution in [0.1, 0.15) is 18.4 Å². The third-order valence-corrected chi connectivity index (χ3v) is 4.86. The topological polar surface area (TPSA) is 49.7 Å². The Morgan fingerprint density at radius 2 is 1.52 bits per heavy atom. The molecule has 1 heterocycles. The molecule has 4 nitrogen and oxygen atoms in total. The van der Waals surface area contributed by atoms with Crippen molar-refractivity contribution in [2.75, 3.05) is 0 Å². The molecule has 1 aliphatic heterocycles. The fourth-order valence-corrected chi connectivity index (χ4v) is 3.84. The van der Waals surface area contributed by atoms with Gasteiger partial charge in [0, 0.05) is 0 Å². The molecular weight excluding hydrogens is 264 g/mol. The van der Waals surface area contributed by atoms with E-state index in [1.54, 1.807) is 6.21 Å². The summed E-state index contributed by atoms with van der Waals surface area (Å²) in [5.74, 6) is -0.197. The highest BCUT2D eigenvalue weighted by atomic mass is 16.2. The number of rotatable bonds is 2. The molecule has 5 rings (SSSR count). The van der Waals surface area contributed by atoms with E-state index in [9.17, 15) is 9.59 Å². The quantitative estimate of drug-likeness (QED) is 0.474. The minimum atomic E-state index is -0.186. The van der Waals surface area contributed by atoms with Crippen molar-refractivity contribution in [3.63, 3.8) is 0 Å². The normalized spacial score (nSPS) is 34.0. The van der Waals surface area contributed by atoms with Crippen molar-refractivity contribution < 1.29 is 9.59 Å². The maximum Gasteiger partial charge on any atom is 0.254 e. The van der Waals surface area contributed by atoms with Crippen LogP contribution in [-0.4, -0.2) is 23.0 Å². The predicted molar refractivity (Wildman–Crippen MR) is 78.2 cm³/mol. The van der Waals surface area contributed by atoms with Gasteiger partial charge in [-0.05, 0) is 30.2 Å². The van der Waals surface area contributed by atoms with Crippen molar-refractivity contribution >= 4 is 18.0 Å². The zero-order chi connectivity index (χ0) is 14.4. The van der Waals surface area contributed by atoms with Gasteiger partial charge < -0.3 is 0 Å². The van der Waals surface area contributed by atoms with Crippen LogP contribution in [0.5, 0.6) is 0 Å². The molecular formula is C17H16N2O2. The van der Waals surface area contributed by atoms with E-state index in [2.05, 4.69) is 17.3 Å². The van der Waals surface area contributed by atoms with Gasteiger partial charge in [-0.25, -0.2) is 0 Å². The first-order chi connectivity index (χ1) is 10.3. The molecule has 1 aromatic rings. The summed E-state index contributed by atoms with van der Waals surface area (Å²) in [4.78, 5) is 25.0. The van der Waals surface area contributed by atoms with E-state index in [-0.39, 0.29) is 35.5 Å². The second-order valence-electron chi connectivity index (χ2n) is 5.99. The van der Waals surface area contributed by atoms with Crippen LogP contribution in [0.3, 0.4) is 0 Å².